The molecule has 0 saturated heterocycles. The van der Waals surface area contributed by atoms with Gasteiger partial charge in [-0.2, -0.15) is 9.97 Å². The van der Waals surface area contributed by atoms with Crippen LogP contribution in [0.2, 0.25) is 0 Å². The van der Waals surface area contributed by atoms with E-state index in [1.165, 1.54) is 0 Å². The minimum absolute atomic E-state index is 0.269. The van der Waals surface area contributed by atoms with Crippen LogP contribution in [0, 0.1) is 0 Å². The SMILES string of the molecule is CCNc1nc(N[C@@H](C)CC)[nH]c(=O)n1. The number of aromatic nitrogens is 3. The van der Waals surface area contributed by atoms with Gasteiger partial charge in [-0.05, 0) is 20.3 Å². The summed E-state index contributed by atoms with van der Waals surface area (Å²) >= 11 is 0. The van der Waals surface area contributed by atoms with Gasteiger partial charge in [0.1, 0.15) is 0 Å². The summed E-state index contributed by atoms with van der Waals surface area (Å²) in [4.78, 5) is 21.5. The number of hydrogen-bond acceptors (Lipinski definition) is 5. The molecule has 0 spiro atoms. The number of hydrogen-bond donors (Lipinski definition) is 3. The van der Waals surface area contributed by atoms with Crippen LogP contribution in [0.1, 0.15) is 27.2 Å². The Balaban J connectivity index is 2.83. The smallest absolute Gasteiger partial charge is 0.350 e. The normalized spacial score (nSPS) is 12.2. The Morgan fingerprint density at radius 1 is 1.40 bits per heavy atom. The highest BCUT2D eigenvalue weighted by atomic mass is 16.1. The topological polar surface area (TPSA) is 82.7 Å². The molecule has 0 aliphatic carbocycles. The molecule has 1 heterocycles. The second-order valence-electron chi connectivity index (χ2n) is 3.31. The second kappa shape index (κ2) is 5.33. The number of anilines is 2. The van der Waals surface area contributed by atoms with Crippen molar-refractivity contribution in [1.82, 2.24) is 15.0 Å². The Kier molecular flexibility index (Phi) is 4.08. The molecule has 0 saturated carbocycles. The molecule has 0 aliphatic rings. The summed E-state index contributed by atoms with van der Waals surface area (Å²) < 4.78 is 0. The van der Waals surface area contributed by atoms with E-state index in [-0.39, 0.29) is 6.04 Å². The van der Waals surface area contributed by atoms with Gasteiger partial charge in [0.15, 0.2) is 0 Å². The van der Waals surface area contributed by atoms with Crippen molar-refractivity contribution in [2.24, 2.45) is 0 Å². The van der Waals surface area contributed by atoms with Crippen LogP contribution in [-0.2, 0) is 0 Å². The summed E-state index contributed by atoms with van der Waals surface area (Å²) in [6, 6.07) is 0.269. The lowest BCUT2D eigenvalue weighted by Crippen LogP contribution is -2.22. The fourth-order valence-corrected chi connectivity index (χ4v) is 1.03. The van der Waals surface area contributed by atoms with Crippen LogP contribution in [0.4, 0.5) is 11.9 Å². The van der Waals surface area contributed by atoms with Gasteiger partial charge >= 0.3 is 5.69 Å². The van der Waals surface area contributed by atoms with Gasteiger partial charge in [-0.15, -0.1) is 0 Å². The maximum atomic E-state index is 11.2. The molecule has 15 heavy (non-hydrogen) atoms. The van der Waals surface area contributed by atoms with E-state index in [0.717, 1.165) is 6.42 Å². The lowest BCUT2D eigenvalue weighted by atomic mass is 10.3. The number of aromatic amines is 1. The molecule has 0 unspecified atom stereocenters. The quantitative estimate of drug-likeness (QED) is 0.671. The van der Waals surface area contributed by atoms with Gasteiger partial charge in [0.05, 0.1) is 0 Å². The van der Waals surface area contributed by atoms with Crippen LogP contribution in [-0.4, -0.2) is 27.5 Å². The van der Waals surface area contributed by atoms with E-state index in [9.17, 15) is 4.79 Å². The molecule has 0 aromatic carbocycles. The molecular formula is C9H17N5O. The molecular weight excluding hydrogens is 194 g/mol. The van der Waals surface area contributed by atoms with E-state index in [4.69, 9.17) is 0 Å². The van der Waals surface area contributed by atoms with Crippen LogP contribution >= 0.6 is 0 Å². The highest BCUT2D eigenvalue weighted by Crippen LogP contribution is 2.02. The first-order valence-corrected chi connectivity index (χ1v) is 5.14. The Morgan fingerprint density at radius 2 is 2.13 bits per heavy atom. The first-order valence-electron chi connectivity index (χ1n) is 5.14. The first kappa shape index (κ1) is 11.5. The van der Waals surface area contributed by atoms with Gasteiger partial charge in [-0.3, -0.25) is 4.98 Å². The fourth-order valence-electron chi connectivity index (χ4n) is 1.03. The summed E-state index contributed by atoms with van der Waals surface area (Å²) in [5.41, 5.74) is -0.397. The van der Waals surface area contributed by atoms with Crippen molar-refractivity contribution >= 4 is 11.9 Å². The molecule has 1 aromatic heterocycles. The number of nitrogens with one attached hydrogen (secondary N) is 3. The molecule has 1 aromatic rings. The molecule has 6 heteroatoms. The maximum absolute atomic E-state index is 11.2. The Bertz CT molecular complexity index is 362. The molecule has 6 nitrogen and oxygen atoms in total. The molecule has 1 atom stereocenters. The standard InChI is InChI=1S/C9H17N5O/c1-4-6(3)11-8-12-7(10-5-2)13-9(15)14-8/h6H,4-5H2,1-3H3,(H3,10,11,12,13,14,15)/t6-/m0/s1. The van der Waals surface area contributed by atoms with Crippen LogP contribution in [0.15, 0.2) is 4.79 Å². The largest absolute Gasteiger partial charge is 0.354 e. The van der Waals surface area contributed by atoms with Crippen LogP contribution < -0.4 is 16.3 Å². The van der Waals surface area contributed by atoms with Gasteiger partial charge in [0.2, 0.25) is 11.9 Å². The van der Waals surface area contributed by atoms with E-state index in [0.29, 0.717) is 18.4 Å². The average Bonchev–Trinajstić information content (AvgIpc) is 2.17. The van der Waals surface area contributed by atoms with Gasteiger partial charge < -0.3 is 10.6 Å². The van der Waals surface area contributed by atoms with E-state index in [1.807, 2.05) is 13.8 Å². The summed E-state index contributed by atoms with van der Waals surface area (Å²) in [7, 11) is 0. The van der Waals surface area contributed by atoms with E-state index in [2.05, 4.69) is 32.5 Å². The molecule has 84 valence electrons. The van der Waals surface area contributed by atoms with Gasteiger partial charge in [-0.25, -0.2) is 4.79 Å². The lowest BCUT2D eigenvalue weighted by molar-refractivity contribution is 0.748. The third-order valence-corrected chi connectivity index (χ3v) is 1.98. The van der Waals surface area contributed by atoms with Crippen LogP contribution in [0.25, 0.3) is 0 Å². The van der Waals surface area contributed by atoms with Crippen molar-refractivity contribution in [3.05, 3.63) is 10.5 Å². The van der Waals surface area contributed by atoms with Crippen LogP contribution in [0.5, 0.6) is 0 Å². The zero-order valence-corrected chi connectivity index (χ0v) is 9.29. The van der Waals surface area contributed by atoms with Crippen molar-refractivity contribution in [2.45, 2.75) is 33.2 Å². The zero-order valence-electron chi connectivity index (χ0n) is 9.29. The summed E-state index contributed by atoms with van der Waals surface area (Å²) in [5, 5.41) is 5.98. The van der Waals surface area contributed by atoms with Crippen molar-refractivity contribution in [1.29, 1.82) is 0 Å². The van der Waals surface area contributed by atoms with E-state index >= 15 is 0 Å². The molecule has 0 fully saturated rings. The van der Waals surface area contributed by atoms with E-state index in [1.54, 1.807) is 0 Å². The highest BCUT2D eigenvalue weighted by Gasteiger charge is 2.04. The maximum Gasteiger partial charge on any atom is 0.350 e. The summed E-state index contributed by atoms with van der Waals surface area (Å²) in [5.74, 6) is 0.812. The third kappa shape index (κ3) is 3.57. The Morgan fingerprint density at radius 3 is 2.73 bits per heavy atom. The third-order valence-electron chi connectivity index (χ3n) is 1.98. The summed E-state index contributed by atoms with van der Waals surface area (Å²) in [6.07, 6.45) is 0.961. The summed E-state index contributed by atoms with van der Waals surface area (Å²) in [6.45, 7) is 6.69. The van der Waals surface area contributed by atoms with Crippen molar-refractivity contribution in [2.75, 3.05) is 17.2 Å². The molecule has 0 amide bonds. The molecule has 3 N–H and O–H groups in total. The van der Waals surface area contributed by atoms with Crippen molar-refractivity contribution in [3.63, 3.8) is 0 Å². The first-order chi connectivity index (χ1) is 7.15. The molecule has 0 aliphatic heterocycles. The van der Waals surface area contributed by atoms with E-state index < -0.39 is 5.69 Å². The van der Waals surface area contributed by atoms with Crippen molar-refractivity contribution in [3.8, 4) is 0 Å². The molecule has 1 rings (SSSR count). The lowest BCUT2D eigenvalue weighted by Gasteiger charge is -2.11. The Hall–Kier alpha value is -1.59. The fraction of sp³-hybridized carbons (Fsp3) is 0.667. The number of nitrogens with zero attached hydrogens (tertiary/aromatic N) is 2. The van der Waals surface area contributed by atoms with Gasteiger partial charge in [0, 0.05) is 12.6 Å². The number of rotatable bonds is 5. The van der Waals surface area contributed by atoms with Crippen molar-refractivity contribution < 1.29 is 0 Å². The minimum atomic E-state index is -0.397. The zero-order chi connectivity index (χ0) is 11.3. The number of H-pyrrole nitrogens is 1. The highest BCUT2D eigenvalue weighted by molar-refractivity contribution is 5.33. The minimum Gasteiger partial charge on any atom is -0.354 e. The molecule has 0 radical (unpaired) electrons. The Labute approximate surface area is 88.5 Å². The predicted molar refractivity (Wildman–Crippen MR) is 60.2 cm³/mol. The molecule has 0 bridgehead atoms. The van der Waals surface area contributed by atoms with Crippen LogP contribution in [0.3, 0.4) is 0 Å². The predicted octanol–water partition coefficient (Wildman–Crippen LogP) is 0.807. The average molecular weight is 211 g/mol. The second-order valence-corrected chi connectivity index (χ2v) is 3.31. The van der Waals surface area contributed by atoms with Gasteiger partial charge in [0.25, 0.3) is 0 Å². The monoisotopic (exact) mass is 211 g/mol. The van der Waals surface area contributed by atoms with Gasteiger partial charge in [-0.1, -0.05) is 6.92 Å².